The number of fused-ring (bicyclic) bond motifs is 1. The van der Waals surface area contributed by atoms with E-state index in [1.165, 1.54) is 11.3 Å². The number of nitrogens with zero attached hydrogens (tertiary/aromatic N) is 3. The largest absolute Gasteiger partial charge is 0.508 e. The SMILES string of the molecule is CCOC(=O)CCn1nc(-c2ccc(O)cc2)c2c1CCN(C)C2. The number of carbonyl (C=O) groups excluding carboxylic acids is 1. The van der Waals surface area contributed by atoms with E-state index < -0.39 is 0 Å². The number of aromatic nitrogens is 2. The van der Waals surface area contributed by atoms with Gasteiger partial charge in [0, 0.05) is 36.3 Å². The maximum atomic E-state index is 11.7. The first-order valence-corrected chi connectivity index (χ1v) is 8.30. The van der Waals surface area contributed by atoms with Crippen LogP contribution in [0, 0.1) is 0 Å². The minimum atomic E-state index is -0.194. The molecule has 0 radical (unpaired) electrons. The third-order valence-corrected chi connectivity index (χ3v) is 4.30. The van der Waals surface area contributed by atoms with Crippen LogP contribution in [0.1, 0.15) is 24.6 Å². The molecule has 0 spiro atoms. The van der Waals surface area contributed by atoms with Crippen molar-refractivity contribution in [2.45, 2.75) is 32.9 Å². The molecule has 0 atom stereocenters. The second kappa shape index (κ2) is 7.05. The molecule has 0 aliphatic carbocycles. The lowest BCUT2D eigenvalue weighted by Crippen LogP contribution is -2.27. The van der Waals surface area contributed by atoms with Gasteiger partial charge in [0.2, 0.25) is 0 Å². The van der Waals surface area contributed by atoms with E-state index in [0.29, 0.717) is 19.6 Å². The molecule has 1 aliphatic rings. The van der Waals surface area contributed by atoms with Crippen LogP contribution in [0.3, 0.4) is 0 Å². The van der Waals surface area contributed by atoms with Crippen molar-refractivity contribution in [3.8, 4) is 17.0 Å². The fourth-order valence-electron chi connectivity index (χ4n) is 3.09. The van der Waals surface area contributed by atoms with Crippen LogP contribution < -0.4 is 0 Å². The topological polar surface area (TPSA) is 67.6 Å². The Morgan fingerprint density at radius 3 is 2.79 bits per heavy atom. The average molecular weight is 329 g/mol. The Kier molecular flexibility index (Phi) is 4.85. The molecule has 24 heavy (non-hydrogen) atoms. The highest BCUT2D eigenvalue weighted by Gasteiger charge is 2.24. The van der Waals surface area contributed by atoms with E-state index in [4.69, 9.17) is 9.84 Å². The highest BCUT2D eigenvalue weighted by atomic mass is 16.5. The van der Waals surface area contributed by atoms with E-state index >= 15 is 0 Å². The monoisotopic (exact) mass is 329 g/mol. The molecule has 1 aromatic heterocycles. The van der Waals surface area contributed by atoms with Gasteiger partial charge in [-0.25, -0.2) is 0 Å². The van der Waals surface area contributed by atoms with E-state index in [9.17, 15) is 9.90 Å². The Morgan fingerprint density at radius 1 is 1.33 bits per heavy atom. The molecule has 6 nitrogen and oxygen atoms in total. The smallest absolute Gasteiger partial charge is 0.307 e. The lowest BCUT2D eigenvalue weighted by molar-refractivity contribution is -0.143. The number of hydrogen-bond donors (Lipinski definition) is 1. The number of ether oxygens (including phenoxy) is 1. The van der Waals surface area contributed by atoms with Crippen LogP contribution in [0.5, 0.6) is 5.75 Å². The number of phenolic OH excluding ortho intramolecular Hbond substituents is 1. The molecule has 1 aromatic carbocycles. The van der Waals surface area contributed by atoms with Crippen molar-refractivity contribution in [2.24, 2.45) is 0 Å². The van der Waals surface area contributed by atoms with Crippen LogP contribution in [0.25, 0.3) is 11.3 Å². The summed E-state index contributed by atoms with van der Waals surface area (Å²) in [6, 6.07) is 7.10. The zero-order valence-corrected chi connectivity index (χ0v) is 14.2. The molecule has 0 amide bonds. The van der Waals surface area contributed by atoms with Gasteiger partial charge in [0.15, 0.2) is 0 Å². The van der Waals surface area contributed by atoms with Gasteiger partial charge >= 0.3 is 5.97 Å². The summed E-state index contributed by atoms with van der Waals surface area (Å²) < 4.78 is 6.96. The second-order valence-electron chi connectivity index (χ2n) is 6.09. The zero-order valence-electron chi connectivity index (χ0n) is 14.2. The third-order valence-electron chi connectivity index (χ3n) is 4.30. The van der Waals surface area contributed by atoms with Crippen LogP contribution >= 0.6 is 0 Å². The van der Waals surface area contributed by atoms with Crippen molar-refractivity contribution in [3.63, 3.8) is 0 Å². The molecule has 128 valence electrons. The molecule has 0 unspecified atom stereocenters. The summed E-state index contributed by atoms with van der Waals surface area (Å²) in [4.78, 5) is 13.9. The van der Waals surface area contributed by atoms with E-state index in [0.717, 1.165) is 30.8 Å². The van der Waals surface area contributed by atoms with Gasteiger partial charge < -0.3 is 14.7 Å². The van der Waals surface area contributed by atoms with Crippen LogP contribution in [-0.2, 0) is 29.0 Å². The molecule has 1 aliphatic heterocycles. The van der Waals surface area contributed by atoms with Crippen LogP contribution in [0.15, 0.2) is 24.3 Å². The predicted molar refractivity (Wildman–Crippen MR) is 90.6 cm³/mol. The minimum absolute atomic E-state index is 0.194. The number of likely N-dealkylation sites (N-methyl/N-ethyl adjacent to an activating group) is 1. The van der Waals surface area contributed by atoms with Crippen molar-refractivity contribution in [2.75, 3.05) is 20.2 Å². The highest BCUT2D eigenvalue weighted by molar-refractivity contribution is 5.69. The number of phenols is 1. The first-order valence-electron chi connectivity index (χ1n) is 8.30. The number of aryl methyl sites for hydroxylation is 1. The van der Waals surface area contributed by atoms with Gasteiger partial charge in [-0.1, -0.05) is 0 Å². The van der Waals surface area contributed by atoms with E-state index in [2.05, 4.69) is 11.9 Å². The molecular formula is C18H23N3O3. The fourth-order valence-corrected chi connectivity index (χ4v) is 3.09. The predicted octanol–water partition coefficient (Wildman–Crippen LogP) is 2.20. The summed E-state index contributed by atoms with van der Waals surface area (Å²) in [6.45, 7) is 4.56. The molecule has 0 saturated heterocycles. The summed E-state index contributed by atoms with van der Waals surface area (Å²) in [5.74, 6) is 0.0485. The van der Waals surface area contributed by atoms with Crippen molar-refractivity contribution >= 4 is 5.97 Å². The third kappa shape index (κ3) is 3.43. The molecule has 0 saturated carbocycles. The summed E-state index contributed by atoms with van der Waals surface area (Å²) in [6.07, 6.45) is 1.24. The van der Waals surface area contributed by atoms with E-state index in [-0.39, 0.29) is 11.7 Å². The van der Waals surface area contributed by atoms with Gasteiger partial charge in [-0.3, -0.25) is 9.48 Å². The Labute approximate surface area is 141 Å². The number of hydrogen-bond acceptors (Lipinski definition) is 5. The van der Waals surface area contributed by atoms with Crippen LogP contribution in [-0.4, -0.2) is 46.0 Å². The Morgan fingerprint density at radius 2 is 2.08 bits per heavy atom. The molecule has 1 N–H and O–H groups in total. The Balaban J connectivity index is 1.91. The second-order valence-corrected chi connectivity index (χ2v) is 6.09. The van der Waals surface area contributed by atoms with Crippen LogP contribution in [0.4, 0.5) is 0 Å². The number of aromatic hydroxyl groups is 1. The van der Waals surface area contributed by atoms with Crippen molar-refractivity contribution in [1.29, 1.82) is 0 Å². The summed E-state index contributed by atoms with van der Waals surface area (Å²) >= 11 is 0. The summed E-state index contributed by atoms with van der Waals surface area (Å²) in [5, 5.41) is 14.3. The normalized spacial score (nSPS) is 14.4. The van der Waals surface area contributed by atoms with Gasteiger partial charge in [-0.05, 0) is 38.2 Å². The van der Waals surface area contributed by atoms with Crippen molar-refractivity contribution in [1.82, 2.24) is 14.7 Å². The maximum Gasteiger partial charge on any atom is 0.307 e. The average Bonchev–Trinajstić information content (AvgIpc) is 2.92. The number of esters is 1. The van der Waals surface area contributed by atoms with E-state index in [1.807, 2.05) is 23.7 Å². The summed E-state index contributed by atoms with van der Waals surface area (Å²) in [7, 11) is 2.10. The number of benzene rings is 1. The maximum absolute atomic E-state index is 11.7. The molecule has 0 fully saturated rings. The van der Waals surface area contributed by atoms with E-state index in [1.54, 1.807) is 12.1 Å². The highest BCUT2D eigenvalue weighted by Crippen LogP contribution is 2.30. The standard InChI is InChI=1S/C18H23N3O3/c1-3-24-17(23)9-11-21-16-8-10-20(2)12-15(16)18(19-21)13-4-6-14(22)7-5-13/h4-7,22H,3,8-12H2,1-2H3. The number of carbonyl (C=O) groups is 1. The summed E-state index contributed by atoms with van der Waals surface area (Å²) in [5.41, 5.74) is 4.31. The quantitative estimate of drug-likeness (QED) is 0.852. The molecule has 2 heterocycles. The number of rotatable bonds is 5. The molecule has 2 aromatic rings. The lowest BCUT2D eigenvalue weighted by atomic mass is 10.0. The first kappa shape index (κ1) is 16.5. The Bertz CT molecular complexity index is 722. The zero-order chi connectivity index (χ0) is 17.1. The van der Waals surface area contributed by atoms with Gasteiger partial charge in [0.25, 0.3) is 0 Å². The first-order chi connectivity index (χ1) is 11.6. The lowest BCUT2D eigenvalue weighted by Gasteiger charge is -2.23. The van der Waals surface area contributed by atoms with Crippen molar-refractivity contribution < 1.29 is 14.6 Å². The molecule has 3 rings (SSSR count). The fraction of sp³-hybridized carbons (Fsp3) is 0.444. The molecular weight excluding hydrogens is 306 g/mol. The molecule has 6 heteroatoms. The van der Waals surface area contributed by atoms with Gasteiger partial charge in [-0.2, -0.15) is 5.10 Å². The minimum Gasteiger partial charge on any atom is -0.508 e. The van der Waals surface area contributed by atoms with Gasteiger partial charge in [0.1, 0.15) is 5.75 Å². The van der Waals surface area contributed by atoms with Gasteiger partial charge in [-0.15, -0.1) is 0 Å². The van der Waals surface area contributed by atoms with Crippen LogP contribution in [0.2, 0.25) is 0 Å². The van der Waals surface area contributed by atoms with Crippen molar-refractivity contribution in [3.05, 3.63) is 35.5 Å². The Hall–Kier alpha value is -2.34. The molecule has 0 bridgehead atoms. The van der Waals surface area contributed by atoms with Gasteiger partial charge in [0.05, 0.1) is 25.3 Å².